The lowest BCUT2D eigenvalue weighted by molar-refractivity contribution is 0.0491. The molecular weight excluding hydrogens is 552 g/mol. The number of nitrogens with zero attached hydrogens (tertiary/aromatic N) is 4. The lowest BCUT2D eigenvalue weighted by Crippen LogP contribution is -2.50. The lowest BCUT2D eigenvalue weighted by atomic mass is 9.72. The number of hydrogen-bond acceptors (Lipinski definition) is 5. The second-order valence-electron chi connectivity index (χ2n) is 16.8. The van der Waals surface area contributed by atoms with Gasteiger partial charge in [-0.1, -0.05) is 36.4 Å². The van der Waals surface area contributed by atoms with Gasteiger partial charge >= 0.3 is 0 Å². The van der Waals surface area contributed by atoms with Gasteiger partial charge < -0.3 is 4.74 Å². The van der Waals surface area contributed by atoms with Gasteiger partial charge in [-0.05, 0) is 128 Å². The van der Waals surface area contributed by atoms with Gasteiger partial charge in [-0.3, -0.25) is 14.7 Å². The Morgan fingerprint density at radius 3 is 1.96 bits per heavy atom. The average molecular weight is 611 g/mol. The van der Waals surface area contributed by atoms with Crippen LogP contribution in [0.4, 0.5) is 0 Å². The summed E-state index contributed by atoms with van der Waals surface area (Å²) < 4.78 is 6.59. The van der Waals surface area contributed by atoms with Crippen LogP contribution in [0.25, 0.3) is 5.57 Å². The molecule has 3 aliphatic heterocycles. The van der Waals surface area contributed by atoms with Crippen molar-refractivity contribution in [1.29, 1.82) is 5.26 Å². The van der Waals surface area contributed by atoms with E-state index in [9.17, 15) is 5.26 Å². The van der Waals surface area contributed by atoms with E-state index in [1.165, 1.54) is 22.3 Å². The highest BCUT2D eigenvalue weighted by molar-refractivity contribution is 5.70. The highest BCUT2D eigenvalue weighted by atomic mass is 16.5. The molecule has 5 nitrogen and oxygen atoms in total. The minimum atomic E-state index is -0.426. The van der Waals surface area contributed by atoms with E-state index in [4.69, 9.17) is 4.74 Å². The Morgan fingerprint density at radius 1 is 0.756 bits per heavy atom. The topological polar surface area (TPSA) is 42.7 Å². The zero-order valence-corrected chi connectivity index (χ0v) is 29.6. The van der Waals surface area contributed by atoms with Gasteiger partial charge in [0.15, 0.2) is 0 Å². The SMILES string of the molecule is CC(C)(C)N1CCC(Oc2cccc(C3C=C(c4cccc(C5(C#N)CCN(C(C)(C)C)CC5)c4)CN(C(C)(C)C)C3)c2)CC1. The Labute approximate surface area is 274 Å². The first-order chi connectivity index (χ1) is 21.1. The van der Waals surface area contributed by atoms with E-state index in [1.54, 1.807) is 0 Å². The molecule has 45 heavy (non-hydrogen) atoms. The van der Waals surface area contributed by atoms with Gasteiger partial charge in [-0.2, -0.15) is 5.26 Å². The third-order valence-corrected chi connectivity index (χ3v) is 10.7. The molecular formula is C40H58N4O. The van der Waals surface area contributed by atoms with Crippen LogP contribution in [-0.4, -0.2) is 76.7 Å². The molecule has 0 bridgehead atoms. The van der Waals surface area contributed by atoms with E-state index in [0.717, 1.165) is 70.7 Å². The summed E-state index contributed by atoms with van der Waals surface area (Å²) in [5.41, 5.74) is 5.05. The molecule has 0 N–H and O–H groups in total. The Kier molecular flexibility index (Phi) is 9.63. The van der Waals surface area contributed by atoms with Gasteiger partial charge in [0, 0.05) is 61.8 Å². The molecule has 2 aromatic carbocycles. The molecule has 0 saturated carbocycles. The van der Waals surface area contributed by atoms with Crippen LogP contribution in [0.1, 0.15) is 111 Å². The predicted octanol–water partition coefficient (Wildman–Crippen LogP) is 8.27. The van der Waals surface area contributed by atoms with E-state index in [1.807, 2.05) is 0 Å². The van der Waals surface area contributed by atoms with Gasteiger partial charge in [-0.15, -0.1) is 0 Å². The Hall–Kier alpha value is -2.65. The number of nitriles is 1. The largest absolute Gasteiger partial charge is 0.490 e. The van der Waals surface area contributed by atoms with Crippen molar-refractivity contribution < 1.29 is 4.74 Å². The molecule has 3 heterocycles. The first-order valence-electron chi connectivity index (χ1n) is 17.3. The zero-order valence-electron chi connectivity index (χ0n) is 29.6. The molecule has 2 saturated heterocycles. The molecule has 5 rings (SSSR count). The third-order valence-electron chi connectivity index (χ3n) is 10.7. The smallest absolute Gasteiger partial charge is 0.120 e. The molecule has 0 aliphatic carbocycles. The normalized spacial score (nSPS) is 22.9. The van der Waals surface area contributed by atoms with Crippen molar-refractivity contribution >= 4 is 5.57 Å². The molecule has 0 amide bonds. The molecule has 0 aromatic heterocycles. The highest BCUT2D eigenvalue weighted by Crippen LogP contribution is 2.40. The van der Waals surface area contributed by atoms with Gasteiger partial charge in [-0.25, -0.2) is 0 Å². The van der Waals surface area contributed by atoms with Crippen molar-refractivity contribution in [2.24, 2.45) is 0 Å². The monoisotopic (exact) mass is 610 g/mol. The fourth-order valence-corrected chi connectivity index (χ4v) is 7.45. The summed E-state index contributed by atoms with van der Waals surface area (Å²) in [7, 11) is 0. The first-order valence-corrected chi connectivity index (χ1v) is 17.3. The van der Waals surface area contributed by atoms with Crippen molar-refractivity contribution in [3.8, 4) is 11.8 Å². The molecule has 0 spiro atoms. The maximum atomic E-state index is 10.5. The van der Waals surface area contributed by atoms with Crippen LogP contribution in [0.3, 0.4) is 0 Å². The number of piperidine rings is 2. The van der Waals surface area contributed by atoms with Crippen molar-refractivity contribution in [1.82, 2.24) is 14.7 Å². The van der Waals surface area contributed by atoms with Crippen LogP contribution in [0.15, 0.2) is 54.6 Å². The summed E-state index contributed by atoms with van der Waals surface area (Å²) in [6.45, 7) is 26.7. The molecule has 2 fully saturated rings. The van der Waals surface area contributed by atoms with Gasteiger partial charge in [0.1, 0.15) is 11.9 Å². The van der Waals surface area contributed by atoms with Crippen molar-refractivity contribution in [2.45, 2.75) is 122 Å². The molecule has 244 valence electrons. The number of rotatable bonds is 5. The van der Waals surface area contributed by atoms with Gasteiger partial charge in [0.05, 0.1) is 11.5 Å². The fourth-order valence-electron chi connectivity index (χ4n) is 7.45. The van der Waals surface area contributed by atoms with Crippen LogP contribution >= 0.6 is 0 Å². The Bertz CT molecular complexity index is 1380. The lowest BCUT2D eigenvalue weighted by Gasteiger charge is -2.44. The summed E-state index contributed by atoms with van der Waals surface area (Å²) in [5.74, 6) is 1.26. The Morgan fingerprint density at radius 2 is 1.36 bits per heavy atom. The zero-order chi connectivity index (χ0) is 32.6. The second-order valence-corrected chi connectivity index (χ2v) is 16.8. The van der Waals surface area contributed by atoms with E-state index in [0.29, 0.717) is 0 Å². The van der Waals surface area contributed by atoms with Crippen LogP contribution in [0.5, 0.6) is 5.75 Å². The average Bonchev–Trinajstić information content (AvgIpc) is 3.00. The van der Waals surface area contributed by atoms with Gasteiger partial charge in [0.2, 0.25) is 0 Å². The summed E-state index contributed by atoms with van der Waals surface area (Å²) in [5, 5.41) is 10.5. The number of benzene rings is 2. The molecule has 3 aliphatic rings. The van der Waals surface area contributed by atoms with Crippen molar-refractivity contribution in [2.75, 3.05) is 39.3 Å². The maximum absolute atomic E-state index is 10.5. The highest BCUT2D eigenvalue weighted by Gasteiger charge is 2.39. The predicted molar refractivity (Wildman–Crippen MR) is 188 cm³/mol. The van der Waals surface area contributed by atoms with Crippen molar-refractivity contribution in [3.63, 3.8) is 0 Å². The second kappa shape index (κ2) is 12.9. The summed E-state index contributed by atoms with van der Waals surface area (Å²) in [4.78, 5) is 7.70. The molecule has 5 heteroatoms. The van der Waals surface area contributed by atoms with Crippen LogP contribution in [0, 0.1) is 11.3 Å². The first kappa shape index (κ1) is 33.7. The summed E-state index contributed by atoms with van der Waals surface area (Å²) in [6, 6.07) is 20.6. The van der Waals surface area contributed by atoms with Crippen molar-refractivity contribution in [3.05, 3.63) is 71.3 Å². The Balaban J connectivity index is 1.38. The van der Waals surface area contributed by atoms with E-state index in [-0.39, 0.29) is 28.6 Å². The van der Waals surface area contributed by atoms with Crippen LogP contribution < -0.4 is 4.74 Å². The molecule has 1 atom stereocenters. The summed E-state index contributed by atoms with van der Waals surface area (Å²) >= 11 is 0. The molecule has 1 unspecified atom stereocenters. The molecule has 2 aromatic rings. The van der Waals surface area contributed by atoms with Gasteiger partial charge in [0.25, 0.3) is 0 Å². The standard InChI is InChI=1S/C40H58N4O/c1-37(2,3)42-20-16-35(17-21-42)45-36-15-11-13-31(26-36)33-24-32(27-44(28-33)39(7,8)9)30-12-10-14-34(25-30)40(29-41)18-22-43(23-19-40)38(4,5)6/h10-15,24-26,33,35H,16-23,27-28H2,1-9H3. The number of ether oxygens (including phenoxy) is 1. The minimum Gasteiger partial charge on any atom is -0.490 e. The van der Waals surface area contributed by atoms with Crippen LogP contribution in [0.2, 0.25) is 0 Å². The number of likely N-dealkylation sites (tertiary alicyclic amines) is 2. The molecule has 0 radical (unpaired) electrons. The minimum absolute atomic E-state index is 0.0398. The fraction of sp³-hybridized carbons (Fsp3) is 0.625. The quantitative estimate of drug-likeness (QED) is 0.341. The van der Waals surface area contributed by atoms with E-state index in [2.05, 4.69) is 138 Å². The third kappa shape index (κ3) is 7.84. The summed E-state index contributed by atoms with van der Waals surface area (Å²) in [6.07, 6.45) is 6.66. The van der Waals surface area contributed by atoms with Crippen LogP contribution in [-0.2, 0) is 5.41 Å². The number of hydrogen-bond donors (Lipinski definition) is 0. The van der Waals surface area contributed by atoms with E-state index >= 15 is 0 Å². The van der Waals surface area contributed by atoms with E-state index < -0.39 is 5.41 Å². The maximum Gasteiger partial charge on any atom is 0.120 e.